The molecule has 2 rings (SSSR count). The van der Waals surface area contributed by atoms with Crippen molar-refractivity contribution in [1.29, 1.82) is 0 Å². The van der Waals surface area contributed by atoms with Gasteiger partial charge in [0.2, 0.25) is 0 Å². The molecule has 1 aromatic carbocycles. The van der Waals surface area contributed by atoms with E-state index in [1.807, 2.05) is 6.07 Å². The SMILES string of the molecule is COc1ccccc1CC1(CC(C)(C)C)CCN1. The topological polar surface area (TPSA) is 21.3 Å². The molecular weight excluding hydrogens is 222 g/mol. The van der Waals surface area contributed by atoms with Crippen LogP contribution in [-0.4, -0.2) is 19.2 Å². The van der Waals surface area contributed by atoms with Gasteiger partial charge in [0.05, 0.1) is 7.11 Å². The first-order valence-electron chi connectivity index (χ1n) is 6.81. The van der Waals surface area contributed by atoms with Gasteiger partial charge < -0.3 is 10.1 Å². The Morgan fingerprint density at radius 3 is 2.44 bits per heavy atom. The zero-order valence-electron chi connectivity index (χ0n) is 12.0. The second-order valence-corrected chi connectivity index (χ2v) is 6.68. The van der Waals surface area contributed by atoms with Crippen LogP contribution in [0, 0.1) is 5.41 Å². The summed E-state index contributed by atoms with van der Waals surface area (Å²) in [6, 6.07) is 8.37. The smallest absolute Gasteiger partial charge is 0.122 e. The van der Waals surface area contributed by atoms with Crippen molar-refractivity contribution in [3.05, 3.63) is 29.8 Å². The van der Waals surface area contributed by atoms with E-state index in [0.29, 0.717) is 5.41 Å². The Kier molecular flexibility index (Phi) is 3.67. The van der Waals surface area contributed by atoms with Gasteiger partial charge in [-0.25, -0.2) is 0 Å². The Bertz CT molecular complexity index is 402. The molecule has 0 saturated carbocycles. The van der Waals surface area contributed by atoms with Crippen molar-refractivity contribution in [3.8, 4) is 5.75 Å². The van der Waals surface area contributed by atoms with Crippen LogP contribution < -0.4 is 10.1 Å². The Balaban J connectivity index is 2.15. The van der Waals surface area contributed by atoms with Gasteiger partial charge in [0.1, 0.15) is 5.75 Å². The number of hydrogen-bond donors (Lipinski definition) is 1. The normalized spacial score (nSPS) is 23.6. The molecular formula is C16H25NO. The molecule has 0 bridgehead atoms. The lowest BCUT2D eigenvalue weighted by molar-refractivity contribution is 0.131. The third-order valence-electron chi connectivity index (χ3n) is 3.69. The van der Waals surface area contributed by atoms with Gasteiger partial charge in [-0.15, -0.1) is 0 Å². The minimum absolute atomic E-state index is 0.271. The number of para-hydroxylation sites is 1. The summed E-state index contributed by atoms with van der Waals surface area (Å²) in [6.45, 7) is 8.09. The zero-order valence-corrected chi connectivity index (χ0v) is 12.0. The average Bonchev–Trinajstić information content (AvgIpc) is 2.25. The van der Waals surface area contributed by atoms with Crippen LogP contribution in [0.1, 0.15) is 39.2 Å². The molecule has 0 amide bonds. The molecule has 1 saturated heterocycles. The molecule has 1 aromatic rings. The quantitative estimate of drug-likeness (QED) is 0.880. The maximum absolute atomic E-state index is 5.46. The Hall–Kier alpha value is -1.02. The number of benzene rings is 1. The van der Waals surface area contributed by atoms with Crippen LogP contribution in [0.15, 0.2) is 24.3 Å². The van der Waals surface area contributed by atoms with Gasteiger partial charge in [0.15, 0.2) is 0 Å². The third-order valence-corrected chi connectivity index (χ3v) is 3.69. The van der Waals surface area contributed by atoms with Crippen molar-refractivity contribution in [1.82, 2.24) is 5.32 Å². The van der Waals surface area contributed by atoms with E-state index in [9.17, 15) is 0 Å². The molecule has 2 nitrogen and oxygen atoms in total. The van der Waals surface area contributed by atoms with Crippen molar-refractivity contribution in [2.45, 2.75) is 45.6 Å². The molecule has 100 valence electrons. The van der Waals surface area contributed by atoms with Crippen LogP contribution in [0.3, 0.4) is 0 Å². The molecule has 1 fully saturated rings. The van der Waals surface area contributed by atoms with Gasteiger partial charge in [-0.1, -0.05) is 39.0 Å². The van der Waals surface area contributed by atoms with Crippen LogP contribution in [-0.2, 0) is 6.42 Å². The number of rotatable bonds is 4. The highest BCUT2D eigenvalue weighted by Crippen LogP contribution is 2.37. The molecule has 2 heteroatoms. The minimum atomic E-state index is 0.271. The van der Waals surface area contributed by atoms with Gasteiger partial charge in [-0.05, 0) is 42.9 Å². The van der Waals surface area contributed by atoms with Gasteiger partial charge >= 0.3 is 0 Å². The zero-order chi connectivity index (χ0) is 13.2. The van der Waals surface area contributed by atoms with Crippen molar-refractivity contribution in [2.75, 3.05) is 13.7 Å². The van der Waals surface area contributed by atoms with Crippen molar-refractivity contribution in [2.24, 2.45) is 5.41 Å². The first-order valence-corrected chi connectivity index (χ1v) is 6.81. The number of methoxy groups -OCH3 is 1. The van der Waals surface area contributed by atoms with Gasteiger partial charge in [-0.2, -0.15) is 0 Å². The largest absolute Gasteiger partial charge is 0.496 e. The van der Waals surface area contributed by atoms with E-state index in [1.165, 1.54) is 18.4 Å². The summed E-state index contributed by atoms with van der Waals surface area (Å²) in [5, 5.41) is 3.66. The maximum atomic E-state index is 5.46. The van der Waals surface area contributed by atoms with Crippen LogP contribution in [0.25, 0.3) is 0 Å². The maximum Gasteiger partial charge on any atom is 0.122 e. The van der Waals surface area contributed by atoms with E-state index in [1.54, 1.807) is 7.11 Å². The molecule has 1 aliphatic rings. The molecule has 1 atom stereocenters. The van der Waals surface area contributed by atoms with Crippen LogP contribution in [0.5, 0.6) is 5.75 Å². The van der Waals surface area contributed by atoms with Gasteiger partial charge in [0.25, 0.3) is 0 Å². The van der Waals surface area contributed by atoms with Gasteiger partial charge in [0, 0.05) is 5.54 Å². The molecule has 0 radical (unpaired) electrons. The fraction of sp³-hybridized carbons (Fsp3) is 0.625. The third kappa shape index (κ3) is 3.05. The predicted octanol–water partition coefficient (Wildman–Crippen LogP) is 3.41. The summed E-state index contributed by atoms with van der Waals surface area (Å²) in [5.41, 5.74) is 1.94. The van der Waals surface area contributed by atoms with Crippen molar-refractivity contribution < 1.29 is 4.74 Å². The predicted molar refractivity (Wildman–Crippen MR) is 76.1 cm³/mol. The van der Waals surface area contributed by atoms with E-state index in [4.69, 9.17) is 4.74 Å². The first-order chi connectivity index (χ1) is 8.44. The Labute approximate surface area is 111 Å². The standard InChI is InChI=1S/C16H25NO/c1-15(2,3)12-16(9-10-17-16)11-13-7-5-6-8-14(13)18-4/h5-8,17H,9-12H2,1-4H3. The highest BCUT2D eigenvalue weighted by molar-refractivity contribution is 5.35. The number of nitrogens with one attached hydrogen (secondary N) is 1. The van der Waals surface area contributed by atoms with E-state index < -0.39 is 0 Å². The number of ether oxygens (including phenoxy) is 1. The Morgan fingerprint density at radius 2 is 1.94 bits per heavy atom. The van der Waals surface area contributed by atoms with Crippen LogP contribution in [0.2, 0.25) is 0 Å². The lowest BCUT2D eigenvalue weighted by Crippen LogP contribution is -2.59. The van der Waals surface area contributed by atoms with Crippen molar-refractivity contribution in [3.63, 3.8) is 0 Å². The molecule has 1 heterocycles. The fourth-order valence-electron chi connectivity index (χ4n) is 3.07. The molecule has 0 spiro atoms. The van der Waals surface area contributed by atoms with E-state index in [-0.39, 0.29) is 5.54 Å². The summed E-state index contributed by atoms with van der Waals surface area (Å²) in [7, 11) is 1.75. The summed E-state index contributed by atoms with van der Waals surface area (Å²) >= 11 is 0. The van der Waals surface area contributed by atoms with Crippen LogP contribution in [0.4, 0.5) is 0 Å². The second-order valence-electron chi connectivity index (χ2n) is 6.68. The second kappa shape index (κ2) is 4.93. The molecule has 0 aromatic heterocycles. The van der Waals surface area contributed by atoms with Gasteiger partial charge in [-0.3, -0.25) is 0 Å². The lowest BCUT2D eigenvalue weighted by Gasteiger charge is -2.47. The monoisotopic (exact) mass is 247 g/mol. The summed E-state index contributed by atoms with van der Waals surface area (Å²) in [5.74, 6) is 1.01. The highest BCUT2D eigenvalue weighted by Gasteiger charge is 2.40. The van der Waals surface area contributed by atoms with E-state index in [0.717, 1.165) is 18.7 Å². The Morgan fingerprint density at radius 1 is 1.28 bits per heavy atom. The van der Waals surface area contributed by atoms with E-state index >= 15 is 0 Å². The minimum Gasteiger partial charge on any atom is -0.496 e. The summed E-state index contributed by atoms with van der Waals surface area (Å²) in [4.78, 5) is 0. The highest BCUT2D eigenvalue weighted by atomic mass is 16.5. The van der Waals surface area contributed by atoms with Crippen LogP contribution >= 0.6 is 0 Å². The number of hydrogen-bond acceptors (Lipinski definition) is 2. The van der Waals surface area contributed by atoms with Crippen molar-refractivity contribution >= 4 is 0 Å². The fourth-order valence-corrected chi connectivity index (χ4v) is 3.07. The van der Waals surface area contributed by atoms with E-state index in [2.05, 4.69) is 44.3 Å². The molecule has 1 unspecified atom stereocenters. The lowest BCUT2D eigenvalue weighted by atomic mass is 9.71. The summed E-state index contributed by atoms with van der Waals surface area (Å²) in [6.07, 6.45) is 3.54. The molecule has 18 heavy (non-hydrogen) atoms. The molecule has 1 aliphatic heterocycles. The molecule has 0 aliphatic carbocycles. The molecule has 1 N–H and O–H groups in total. The average molecular weight is 247 g/mol. The summed E-state index contributed by atoms with van der Waals surface area (Å²) < 4.78 is 5.46. The first kappa shape index (κ1) is 13.4.